The molecule has 0 spiro atoms. The second-order valence-corrected chi connectivity index (χ2v) is 4.47. The Hall–Kier alpha value is -2.04. The lowest BCUT2D eigenvalue weighted by molar-refractivity contribution is -0.142. The summed E-state index contributed by atoms with van der Waals surface area (Å²) in [5, 5.41) is 5.91. The summed E-state index contributed by atoms with van der Waals surface area (Å²) in [7, 11) is 1.31. The normalized spacial score (nSPS) is 17.5. The van der Waals surface area contributed by atoms with E-state index < -0.39 is 12.0 Å². The second-order valence-electron chi connectivity index (χ2n) is 4.47. The minimum absolute atomic E-state index is 0.0226. The van der Waals surface area contributed by atoms with Gasteiger partial charge < -0.3 is 15.4 Å². The van der Waals surface area contributed by atoms with E-state index in [4.69, 9.17) is 0 Å². The van der Waals surface area contributed by atoms with E-state index in [9.17, 15) is 9.59 Å². The molecule has 1 amide bonds. The van der Waals surface area contributed by atoms with Gasteiger partial charge in [-0.2, -0.15) is 0 Å². The molecule has 5 heteroatoms. The zero-order valence-electron chi connectivity index (χ0n) is 10.7. The fourth-order valence-electron chi connectivity index (χ4n) is 2.10. The zero-order valence-corrected chi connectivity index (χ0v) is 10.7. The van der Waals surface area contributed by atoms with Gasteiger partial charge in [-0.3, -0.25) is 9.59 Å². The average Bonchev–Trinajstić information content (AvgIpc) is 2.31. The average molecular weight is 248 g/mol. The molecule has 0 fully saturated rings. The number of carbonyl (C=O) groups is 2. The molecule has 96 valence electrons. The molecule has 1 heterocycles. The summed E-state index contributed by atoms with van der Waals surface area (Å²) >= 11 is 0. The van der Waals surface area contributed by atoms with E-state index >= 15 is 0 Å². The third-order valence-corrected chi connectivity index (χ3v) is 2.97. The molecule has 5 nitrogen and oxygen atoms in total. The summed E-state index contributed by atoms with van der Waals surface area (Å²) in [6.07, 6.45) is 0.0226. The predicted molar refractivity (Wildman–Crippen MR) is 68.6 cm³/mol. The fourth-order valence-corrected chi connectivity index (χ4v) is 2.10. The number of fused-ring (bicyclic) bond motifs is 1. The number of carbonyl (C=O) groups excluding carboxylic acids is 2. The van der Waals surface area contributed by atoms with Crippen LogP contribution in [0.1, 0.15) is 17.5 Å². The highest BCUT2D eigenvalue weighted by atomic mass is 16.5. The van der Waals surface area contributed by atoms with Gasteiger partial charge in [-0.15, -0.1) is 0 Å². The molecule has 1 aliphatic rings. The minimum atomic E-state index is -0.578. The molecule has 0 saturated carbocycles. The van der Waals surface area contributed by atoms with Crippen LogP contribution < -0.4 is 10.6 Å². The van der Waals surface area contributed by atoms with Crippen molar-refractivity contribution in [3.8, 4) is 0 Å². The summed E-state index contributed by atoms with van der Waals surface area (Å²) in [5.41, 5.74) is 3.74. The fraction of sp³-hybridized carbons (Fsp3) is 0.385. The SMILES string of the molecule is COC(=O)CC1Nc2cc(C)cc(C)c2NC1=O. The first-order chi connectivity index (χ1) is 8.51. The Morgan fingerprint density at radius 2 is 2.11 bits per heavy atom. The highest BCUT2D eigenvalue weighted by molar-refractivity contribution is 6.05. The first-order valence-electron chi connectivity index (χ1n) is 5.76. The molecule has 2 N–H and O–H groups in total. The van der Waals surface area contributed by atoms with Crippen LogP contribution in [0.2, 0.25) is 0 Å². The van der Waals surface area contributed by atoms with Crippen LogP contribution in [0, 0.1) is 13.8 Å². The molecule has 0 aliphatic carbocycles. The van der Waals surface area contributed by atoms with Gasteiger partial charge in [0.25, 0.3) is 0 Å². The molecule has 0 aromatic heterocycles. The molecule has 1 atom stereocenters. The molecule has 1 aromatic rings. The molecule has 2 rings (SSSR count). The Balaban J connectivity index is 2.27. The van der Waals surface area contributed by atoms with Crippen molar-refractivity contribution < 1.29 is 14.3 Å². The van der Waals surface area contributed by atoms with Crippen LogP contribution in [-0.4, -0.2) is 25.0 Å². The molecule has 0 saturated heterocycles. The van der Waals surface area contributed by atoms with Gasteiger partial charge in [-0.25, -0.2) is 0 Å². The summed E-state index contributed by atoms with van der Waals surface area (Å²) in [6.45, 7) is 3.93. The van der Waals surface area contributed by atoms with Crippen LogP contribution in [0.5, 0.6) is 0 Å². The first kappa shape index (κ1) is 12.4. The number of anilines is 2. The smallest absolute Gasteiger partial charge is 0.308 e. The van der Waals surface area contributed by atoms with Gasteiger partial charge in [0, 0.05) is 0 Å². The van der Waals surface area contributed by atoms with Crippen molar-refractivity contribution in [2.45, 2.75) is 26.3 Å². The Morgan fingerprint density at radius 1 is 1.39 bits per heavy atom. The lowest BCUT2D eigenvalue weighted by atomic mass is 10.0. The summed E-state index contributed by atoms with van der Waals surface area (Å²) < 4.78 is 4.58. The largest absolute Gasteiger partial charge is 0.469 e. The van der Waals surface area contributed by atoms with Gasteiger partial charge in [-0.05, 0) is 31.0 Å². The van der Waals surface area contributed by atoms with Gasteiger partial charge >= 0.3 is 5.97 Å². The molecule has 1 aromatic carbocycles. The molecular weight excluding hydrogens is 232 g/mol. The number of benzene rings is 1. The minimum Gasteiger partial charge on any atom is -0.469 e. The van der Waals surface area contributed by atoms with Crippen molar-refractivity contribution in [3.05, 3.63) is 23.3 Å². The van der Waals surface area contributed by atoms with Gasteiger partial charge in [0.05, 0.1) is 24.9 Å². The molecule has 0 bridgehead atoms. The van der Waals surface area contributed by atoms with E-state index in [1.807, 2.05) is 26.0 Å². The lowest BCUT2D eigenvalue weighted by Gasteiger charge is -2.27. The monoisotopic (exact) mass is 248 g/mol. The van der Waals surface area contributed by atoms with Gasteiger partial charge in [-0.1, -0.05) is 6.07 Å². The number of methoxy groups -OCH3 is 1. The van der Waals surface area contributed by atoms with Crippen LogP contribution in [0.25, 0.3) is 0 Å². The van der Waals surface area contributed by atoms with Crippen molar-refractivity contribution in [2.24, 2.45) is 0 Å². The number of hydrogen-bond acceptors (Lipinski definition) is 4. The van der Waals surface area contributed by atoms with Crippen molar-refractivity contribution in [3.63, 3.8) is 0 Å². The molecule has 1 unspecified atom stereocenters. The molecule has 18 heavy (non-hydrogen) atoms. The number of ether oxygens (including phenoxy) is 1. The third-order valence-electron chi connectivity index (χ3n) is 2.97. The van der Waals surface area contributed by atoms with Crippen LogP contribution in [-0.2, 0) is 14.3 Å². The Bertz CT molecular complexity index is 511. The second kappa shape index (κ2) is 4.68. The summed E-state index contributed by atoms with van der Waals surface area (Å²) in [4.78, 5) is 23.1. The zero-order chi connectivity index (χ0) is 13.3. The van der Waals surface area contributed by atoms with E-state index in [1.165, 1.54) is 7.11 Å². The van der Waals surface area contributed by atoms with Crippen LogP contribution in [0.4, 0.5) is 11.4 Å². The van der Waals surface area contributed by atoms with Crippen molar-refractivity contribution in [2.75, 3.05) is 17.7 Å². The van der Waals surface area contributed by atoms with Gasteiger partial charge in [0.1, 0.15) is 6.04 Å². The Kier molecular flexibility index (Phi) is 3.23. The highest BCUT2D eigenvalue weighted by Gasteiger charge is 2.28. The van der Waals surface area contributed by atoms with E-state index in [-0.39, 0.29) is 12.3 Å². The number of hydrogen-bond donors (Lipinski definition) is 2. The Morgan fingerprint density at radius 3 is 2.78 bits per heavy atom. The van der Waals surface area contributed by atoms with Crippen molar-refractivity contribution in [1.82, 2.24) is 0 Å². The quantitative estimate of drug-likeness (QED) is 0.780. The van der Waals surface area contributed by atoms with E-state index in [0.717, 1.165) is 22.5 Å². The van der Waals surface area contributed by atoms with Crippen LogP contribution in [0.3, 0.4) is 0 Å². The summed E-state index contributed by atoms with van der Waals surface area (Å²) in [6, 6.07) is 3.37. The maximum absolute atomic E-state index is 11.9. The maximum Gasteiger partial charge on any atom is 0.308 e. The Labute approximate surface area is 106 Å². The first-order valence-corrected chi connectivity index (χ1v) is 5.76. The third kappa shape index (κ3) is 2.30. The van der Waals surface area contributed by atoms with Crippen molar-refractivity contribution >= 4 is 23.3 Å². The molecule has 0 radical (unpaired) electrons. The highest BCUT2D eigenvalue weighted by Crippen LogP contribution is 2.31. The van der Waals surface area contributed by atoms with Crippen LogP contribution >= 0.6 is 0 Å². The van der Waals surface area contributed by atoms with Crippen LogP contribution in [0.15, 0.2) is 12.1 Å². The number of aryl methyl sites for hydroxylation is 2. The number of nitrogens with one attached hydrogen (secondary N) is 2. The van der Waals surface area contributed by atoms with Gasteiger partial charge in [0.15, 0.2) is 0 Å². The standard InChI is InChI=1S/C13H16N2O3/c1-7-4-8(2)12-9(5-7)14-10(13(17)15-12)6-11(16)18-3/h4-5,10,14H,6H2,1-3H3,(H,15,17). The van der Waals surface area contributed by atoms with Crippen molar-refractivity contribution in [1.29, 1.82) is 0 Å². The topological polar surface area (TPSA) is 67.4 Å². The predicted octanol–water partition coefficient (Wildman–Crippen LogP) is 1.60. The van der Waals surface area contributed by atoms with E-state index in [0.29, 0.717) is 0 Å². The number of amides is 1. The lowest BCUT2D eigenvalue weighted by Crippen LogP contribution is -2.40. The van der Waals surface area contributed by atoms with E-state index in [1.54, 1.807) is 0 Å². The molecule has 1 aliphatic heterocycles. The number of rotatable bonds is 2. The maximum atomic E-state index is 11.9. The number of esters is 1. The van der Waals surface area contributed by atoms with E-state index in [2.05, 4.69) is 15.4 Å². The summed E-state index contributed by atoms with van der Waals surface area (Å²) in [5.74, 6) is -0.615. The molecular formula is C13H16N2O3. The van der Waals surface area contributed by atoms with Gasteiger partial charge in [0.2, 0.25) is 5.91 Å².